The molecule has 0 saturated carbocycles. The summed E-state index contributed by atoms with van der Waals surface area (Å²) in [4.78, 5) is 11.2. The molecule has 0 radical (unpaired) electrons. The number of carbonyl (C=O) groups is 1. The summed E-state index contributed by atoms with van der Waals surface area (Å²) in [7, 11) is 0. The van der Waals surface area contributed by atoms with Gasteiger partial charge >= 0.3 is 5.97 Å². The number of unbranched alkanes of at least 4 members (excludes halogenated alkanes) is 7. The van der Waals surface area contributed by atoms with Crippen LogP contribution in [-0.2, 0) is 6.42 Å². The molecule has 4 N–H and O–H groups in total. The summed E-state index contributed by atoms with van der Waals surface area (Å²) in [6.07, 6.45) is 9.85. The number of carboxylic acid groups (broad SMARTS) is 1. The van der Waals surface area contributed by atoms with Crippen molar-refractivity contribution in [3.8, 4) is 5.75 Å². The molecule has 0 spiro atoms. The molecule has 0 aliphatic carbocycles. The SMILES string of the molecule is CCCCCCCC(O)C(O)CCCCCCc1cccc(O)c1C(=O)O. The maximum atomic E-state index is 11.2. The lowest BCUT2D eigenvalue weighted by atomic mass is 9.98. The summed E-state index contributed by atoms with van der Waals surface area (Å²) in [5.74, 6) is -1.29. The number of phenols is 1. The largest absolute Gasteiger partial charge is 0.507 e. The van der Waals surface area contributed by atoms with Crippen LogP contribution >= 0.6 is 0 Å². The lowest BCUT2D eigenvalue weighted by molar-refractivity contribution is 0.00712. The highest BCUT2D eigenvalue weighted by Crippen LogP contribution is 2.23. The molecule has 1 aromatic carbocycles. The number of aromatic hydroxyl groups is 1. The van der Waals surface area contributed by atoms with Gasteiger partial charge in [-0.05, 0) is 37.3 Å². The highest BCUT2D eigenvalue weighted by molar-refractivity contribution is 5.92. The molecule has 0 aromatic heterocycles. The van der Waals surface area contributed by atoms with E-state index in [9.17, 15) is 25.2 Å². The van der Waals surface area contributed by atoms with E-state index in [1.165, 1.54) is 25.3 Å². The Balaban J connectivity index is 2.17. The number of aliphatic hydroxyl groups is 2. The minimum Gasteiger partial charge on any atom is -0.507 e. The monoisotopic (exact) mass is 380 g/mol. The Bertz CT molecular complexity index is 544. The van der Waals surface area contributed by atoms with Crippen molar-refractivity contribution in [2.24, 2.45) is 0 Å². The number of carboxylic acids is 1. The molecule has 2 atom stereocenters. The van der Waals surface area contributed by atoms with Crippen LogP contribution in [0.25, 0.3) is 0 Å². The van der Waals surface area contributed by atoms with Crippen molar-refractivity contribution in [1.29, 1.82) is 0 Å². The molecule has 27 heavy (non-hydrogen) atoms. The van der Waals surface area contributed by atoms with E-state index < -0.39 is 18.2 Å². The molecule has 154 valence electrons. The predicted molar refractivity (Wildman–Crippen MR) is 107 cm³/mol. The fraction of sp³-hybridized carbons (Fsp3) is 0.682. The van der Waals surface area contributed by atoms with Crippen LogP contribution in [0.4, 0.5) is 0 Å². The maximum absolute atomic E-state index is 11.2. The van der Waals surface area contributed by atoms with Crippen LogP contribution < -0.4 is 0 Å². The summed E-state index contributed by atoms with van der Waals surface area (Å²) in [6, 6.07) is 4.80. The van der Waals surface area contributed by atoms with E-state index in [0.29, 0.717) is 24.8 Å². The van der Waals surface area contributed by atoms with Gasteiger partial charge in [0.1, 0.15) is 11.3 Å². The molecular weight excluding hydrogens is 344 g/mol. The molecule has 5 heteroatoms. The van der Waals surface area contributed by atoms with Gasteiger partial charge in [-0.25, -0.2) is 4.79 Å². The lowest BCUT2D eigenvalue weighted by Gasteiger charge is -2.17. The average molecular weight is 381 g/mol. The molecule has 0 aliphatic rings. The van der Waals surface area contributed by atoms with Gasteiger partial charge in [0.05, 0.1) is 12.2 Å². The van der Waals surface area contributed by atoms with Crippen molar-refractivity contribution in [3.05, 3.63) is 29.3 Å². The standard InChI is InChI=1S/C22H36O5/c1-2-3-4-5-9-14-18(23)19(24)15-10-7-6-8-12-17-13-11-16-20(25)21(17)22(26)27/h11,13,16,18-19,23-25H,2-10,12,14-15H2,1H3,(H,26,27). The zero-order chi connectivity index (χ0) is 20.1. The Morgan fingerprint density at radius 1 is 0.889 bits per heavy atom. The fourth-order valence-corrected chi connectivity index (χ4v) is 3.41. The van der Waals surface area contributed by atoms with Crippen LogP contribution in [0.2, 0.25) is 0 Å². The molecule has 0 heterocycles. The van der Waals surface area contributed by atoms with Crippen molar-refractivity contribution in [3.63, 3.8) is 0 Å². The van der Waals surface area contributed by atoms with Gasteiger partial charge in [0.15, 0.2) is 0 Å². The third-order valence-electron chi connectivity index (χ3n) is 5.09. The highest BCUT2D eigenvalue weighted by atomic mass is 16.4. The third kappa shape index (κ3) is 9.25. The van der Waals surface area contributed by atoms with Crippen LogP contribution in [0.15, 0.2) is 18.2 Å². The lowest BCUT2D eigenvalue weighted by Crippen LogP contribution is -2.25. The van der Waals surface area contributed by atoms with Crippen LogP contribution in [0.5, 0.6) is 5.75 Å². The van der Waals surface area contributed by atoms with E-state index in [-0.39, 0.29) is 11.3 Å². The first-order valence-corrected chi connectivity index (χ1v) is 10.4. The number of benzene rings is 1. The van der Waals surface area contributed by atoms with Crippen LogP contribution in [0.1, 0.15) is 93.5 Å². The quantitative estimate of drug-likeness (QED) is 0.332. The highest BCUT2D eigenvalue weighted by Gasteiger charge is 2.16. The number of aryl methyl sites for hydroxylation is 1. The van der Waals surface area contributed by atoms with Gasteiger partial charge in [-0.2, -0.15) is 0 Å². The Labute approximate surface area is 163 Å². The molecular formula is C22H36O5. The van der Waals surface area contributed by atoms with E-state index in [4.69, 9.17) is 0 Å². The van der Waals surface area contributed by atoms with Crippen LogP contribution in [-0.4, -0.2) is 38.6 Å². The normalized spacial score (nSPS) is 13.4. The third-order valence-corrected chi connectivity index (χ3v) is 5.09. The molecule has 1 rings (SSSR count). The van der Waals surface area contributed by atoms with Gasteiger partial charge in [-0.15, -0.1) is 0 Å². The second-order valence-corrected chi connectivity index (χ2v) is 7.41. The van der Waals surface area contributed by atoms with Crippen molar-refractivity contribution in [2.45, 2.75) is 96.2 Å². The number of rotatable bonds is 15. The first-order chi connectivity index (χ1) is 13.0. The fourth-order valence-electron chi connectivity index (χ4n) is 3.41. The predicted octanol–water partition coefficient (Wildman–Crippen LogP) is 4.67. The zero-order valence-corrected chi connectivity index (χ0v) is 16.6. The maximum Gasteiger partial charge on any atom is 0.339 e. The topological polar surface area (TPSA) is 98.0 Å². The number of hydrogen-bond acceptors (Lipinski definition) is 4. The summed E-state index contributed by atoms with van der Waals surface area (Å²) in [5, 5.41) is 38.9. The molecule has 2 unspecified atom stereocenters. The zero-order valence-electron chi connectivity index (χ0n) is 16.6. The Hall–Kier alpha value is -1.59. The first-order valence-electron chi connectivity index (χ1n) is 10.4. The van der Waals surface area contributed by atoms with E-state index >= 15 is 0 Å². The molecule has 0 bridgehead atoms. The number of aliphatic hydroxyl groups excluding tert-OH is 2. The smallest absolute Gasteiger partial charge is 0.339 e. The van der Waals surface area contributed by atoms with Gasteiger partial charge in [0.25, 0.3) is 0 Å². The van der Waals surface area contributed by atoms with Gasteiger partial charge in [-0.1, -0.05) is 70.4 Å². The van der Waals surface area contributed by atoms with E-state index in [0.717, 1.165) is 38.5 Å². The Morgan fingerprint density at radius 3 is 2.00 bits per heavy atom. The molecule has 0 aliphatic heterocycles. The van der Waals surface area contributed by atoms with Crippen molar-refractivity contribution >= 4 is 5.97 Å². The molecule has 5 nitrogen and oxygen atoms in total. The summed E-state index contributed by atoms with van der Waals surface area (Å²) in [6.45, 7) is 2.17. The second kappa shape index (κ2) is 13.6. The molecule has 0 saturated heterocycles. The van der Waals surface area contributed by atoms with Crippen LogP contribution in [0.3, 0.4) is 0 Å². The summed E-state index contributed by atoms with van der Waals surface area (Å²) >= 11 is 0. The Morgan fingerprint density at radius 2 is 1.44 bits per heavy atom. The van der Waals surface area contributed by atoms with Gasteiger partial charge in [0.2, 0.25) is 0 Å². The summed E-state index contributed by atoms with van der Waals surface area (Å²) in [5.41, 5.74) is 0.649. The minimum atomic E-state index is -1.10. The van der Waals surface area contributed by atoms with E-state index in [1.54, 1.807) is 12.1 Å². The van der Waals surface area contributed by atoms with Crippen LogP contribution in [0, 0.1) is 0 Å². The van der Waals surface area contributed by atoms with Crippen molar-refractivity contribution in [1.82, 2.24) is 0 Å². The van der Waals surface area contributed by atoms with Crippen molar-refractivity contribution < 1.29 is 25.2 Å². The minimum absolute atomic E-state index is 0.00465. The van der Waals surface area contributed by atoms with Gasteiger partial charge < -0.3 is 20.4 Å². The first kappa shape index (κ1) is 23.4. The van der Waals surface area contributed by atoms with E-state index in [1.807, 2.05) is 0 Å². The van der Waals surface area contributed by atoms with Crippen molar-refractivity contribution in [2.75, 3.05) is 0 Å². The number of aromatic carboxylic acids is 1. The Kier molecular flexibility index (Phi) is 11.8. The molecule has 0 amide bonds. The van der Waals surface area contributed by atoms with E-state index in [2.05, 4.69) is 6.92 Å². The van der Waals surface area contributed by atoms with Gasteiger partial charge in [-0.3, -0.25) is 0 Å². The second-order valence-electron chi connectivity index (χ2n) is 7.41. The van der Waals surface area contributed by atoms with Gasteiger partial charge in [0, 0.05) is 0 Å². The average Bonchev–Trinajstić information content (AvgIpc) is 2.63. The molecule has 1 aromatic rings. The summed E-state index contributed by atoms with van der Waals surface area (Å²) < 4.78 is 0. The number of hydrogen-bond donors (Lipinski definition) is 4. The molecule has 0 fully saturated rings.